The second-order valence-electron chi connectivity index (χ2n) is 3.99. The van der Waals surface area contributed by atoms with Crippen molar-refractivity contribution in [3.8, 4) is 5.75 Å². The van der Waals surface area contributed by atoms with E-state index in [0.29, 0.717) is 17.7 Å². The van der Waals surface area contributed by atoms with E-state index in [4.69, 9.17) is 4.74 Å². The first kappa shape index (κ1) is 13.0. The molecule has 0 amide bonds. The highest BCUT2D eigenvalue weighted by Gasteiger charge is 2.10. The van der Waals surface area contributed by atoms with Gasteiger partial charge in [-0.1, -0.05) is 19.1 Å². The minimum Gasteiger partial charge on any atom is -0.494 e. The van der Waals surface area contributed by atoms with Crippen LogP contribution < -0.4 is 10.1 Å². The lowest BCUT2D eigenvalue weighted by atomic mass is 10.1. The van der Waals surface area contributed by atoms with Crippen LogP contribution in [0.25, 0.3) is 0 Å². The number of ether oxygens (including phenoxy) is 1. The van der Waals surface area contributed by atoms with Crippen molar-refractivity contribution in [3.63, 3.8) is 0 Å². The van der Waals surface area contributed by atoms with Gasteiger partial charge in [0, 0.05) is 6.04 Å². The Labute approximate surface area is 96.8 Å². The molecule has 16 heavy (non-hydrogen) atoms. The molecule has 2 nitrogen and oxygen atoms in total. The first-order chi connectivity index (χ1) is 7.69. The number of nitrogens with one attached hydrogen (secondary N) is 1. The molecule has 0 heterocycles. The average Bonchev–Trinajstić information content (AvgIpc) is 2.29. The summed E-state index contributed by atoms with van der Waals surface area (Å²) >= 11 is 0. The van der Waals surface area contributed by atoms with Gasteiger partial charge in [0.2, 0.25) is 0 Å². The van der Waals surface area contributed by atoms with Gasteiger partial charge in [-0.15, -0.1) is 0 Å². The Balaban J connectivity index is 2.66. The van der Waals surface area contributed by atoms with Gasteiger partial charge in [0.25, 0.3) is 0 Å². The molecule has 1 N–H and O–H groups in total. The molecule has 3 heteroatoms. The molecule has 0 bridgehead atoms. The van der Waals surface area contributed by atoms with Crippen LogP contribution in [0.5, 0.6) is 5.75 Å². The fourth-order valence-electron chi connectivity index (χ4n) is 1.66. The maximum atomic E-state index is 13.8. The van der Waals surface area contributed by atoms with Crippen LogP contribution in [-0.2, 0) is 6.42 Å². The van der Waals surface area contributed by atoms with Gasteiger partial charge in [0.1, 0.15) is 0 Å². The molecule has 0 aliphatic rings. The zero-order chi connectivity index (χ0) is 12.0. The summed E-state index contributed by atoms with van der Waals surface area (Å²) in [6.45, 7) is 5.15. The topological polar surface area (TPSA) is 21.3 Å². The SMILES string of the molecule is CCCNC(C)Cc1cccc(OC)c1F. The van der Waals surface area contributed by atoms with E-state index in [9.17, 15) is 4.39 Å². The molecule has 0 saturated carbocycles. The molecular weight excluding hydrogens is 205 g/mol. The van der Waals surface area contributed by atoms with Crippen LogP contribution in [0.3, 0.4) is 0 Å². The number of hydrogen-bond donors (Lipinski definition) is 1. The fraction of sp³-hybridized carbons (Fsp3) is 0.538. The Hall–Kier alpha value is -1.09. The fourth-order valence-corrected chi connectivity index (χ4v) is 1.66. The molecule has 1 unspecified atom stereocenters. The number of rotatable bonds is 6. The van der Waals surface area contributed by atoms with E-state index in [-0.39, 0.29) is 11.9 Å². The van der Waals surface area contributed by atoms with E-state index < -0.39 is 0 Å². The Morgan fingerprint density at radius 2 is 2.19 bits per heavy atom. The van der Waals surface area contributed by atoms with Crippen molar-refractivity contribution >= 4 is 0 Å². The number of benzene rings is 1. The lowest BCUT2D eigenvalue weighted by molar-refractivity contribution is 0.382. The molecule has 0 aliphatic carbocycles. The van der Waals surface area contributed by atoms with Gasteiger partial charge >= 0.3 is 0 Å². The maximum Gasteiger partial charge on any atom is 0.168 e. The summed E-state index contributed by atoms with van der Waals surface area (Å²) in [5.74, 6) is 0.0790. The molecule has 1 atom stereocenters. The van der Waals surface area contributed by atoms with Gasteiger partial charge in [0.15, 0.2) is 11.6 Å². The summed E-state index contributed by atoms with van der Waals surface area (Å²) in [6, 6.07) is 5.55. The largest absolute Gasteiger partial charge is 0.494 e. The first-order valence-electron chi connectivity index (χ1n) is 5.73. The van der Waals surface area contributed by atoms with Gasteiger partial charge < -0.3 is 10.1 Å². The van der Waals surface area contributed by atoms with Gasteiger partial charge in [-0.2, -0.15) is 0 Å². The van der Waals surface area contributed by atoms with E-state index in [1.54, 1.807) is 6.07 Å². The van der Waals surface area contributed by atoms with E-state index in [2.05, 4.69) is 19.2 Å². The first-order valence-corrected chi connectivity index (χ1v) is 5.73. The summed E-state index contributed by atoms with van der Waals surface area (Å²) in [5.41, 5.74) is 0.704. The highest BCUT2D eigenvalue weighted by molar-refractivity contribution is 5.31. The second-order valence-corrected chi connectivity index (χ2v) is 3.99. The number of hydrogen-bond acceptors (Lipinski definition) is 2. The van der Waals surface area contributed by atoms with Crippen molar-refractivity contribution in [2.75, 3.05) is 13.7 Å². The molecule has 0 aliphatic heterocycles. The Bertz CT molecular complexity index is 328. The zero-order valence-corrected chi connectivity index (χ0v) is 10.2. The zero-order valence-electron chi connectivity index (χ0n) is 10.2. The Morgan fingerprint density at radius 3 is 2.81 bits per heavy atom. The summed E-state index contributed by atoms with van der Waals surface area (Å²) in [4.78, 5) is 0. The van der Waals surface area contributed by atoms with E-state index in [1.165, 1.54) is 7.11 Å². The average molecular weight is 225 g/mol. The van der Waals surface area contributed by atoms with Gasteiger partial charge in [0.05, 0.1) is 7.11 Å². The Kier molecular flexibility index (Phi) is 5.26. The summed E-state index contributed by atoms with van der Waals surface area (Å²) in [5, 5.41) is 3.34. The lowest BCUT2D eigenvalue weighted by Crippen LogP contribution is -2.29. The summed E-state index contributed by atoms with van der Waals surface area (Å²) in [7, 11) is 1.49. The van der Waals surface area contributed by atoms with Crippen molar-refractivity contribution in [3.05, 3.63) is 29.6 Å². The minimum absolute atomic E-state index is 0.241. The summed E-state index contributed by atoms with van der Waals surface area (Å²) < 4.78 is 18.8. The highest BCUT2D eigenvalue weighted by Crippen LogP contribution is 2.20. The lowest BCUT2D eigenvalue weighted by Gasteiger charge is -2.14. The van der Waals surface area contributed by atoms with E-state index >= 15 is 0 Å². The van der Waals surface area contributed by atoms with E-state index in [0.717, 1.165) is 13.0 Å². The smallest absolute Gasteiger partial charge is 0.168 e. The molecule has 90 valence electrons. The van der Waals surface area contributed by atoms with Crippen molar-refractivity contribution in [1.29, 1.82) is 0 Å². The third kappa shape index (κ3) is 3.49. The molecule has 1 rings (SSSR count). The number of halogens is 1. The minimum atomic E-state index is -0.241. The van der Waals surface area contributed by atoms with Crippen LogP contribution >= 0.6 is 0 Å². The van der Waals surface area contributed by atoms with Crippen molar-refractivity contribution in [2.24, 2.45) is 0 Å². The van der Waals surface area contributed by atoms with Crippen LogP contribution in [0.4, 0.5) is 4.39 Å². The molecule has 1 aromatic carbocycles. The van der Waals surface area contributed by atoms with Crippen LogP contribution in [0, 0.1) is 5.82 Å². The molecule has 0 radical (unpaired) electrons. The van der Waals surface area contributed by atoms with Gasteiger partial charge in [-0.05, 0) is 37.9 Å². The monoisotopic (exact) mass is 225 g/mol. The van der Waals surface area contributed by atoms with Crippen molar-refractivity contribution < 1.29 is 9.13 Å². The normalized spacial score (nSPS) is 12.5. The summed E-state index contributed by atoms with van der Waals surface area (Å²) in [6.07, 6.45) is 1.77. The highest BCUT2D eigenvalue weighted by atomic mass is 19.1. The third-order valence-corrected chi connectivity index (χ3v) is 2.53. The standard InChI is InChI=1S/C13H20FNO/c1-4-8-15-10(2)9-11-6-5-7-12(16-3)13(11)14/h5-7,10,15H,4,8-9H2,1-3H3. The van der Waals surface area contributed by atoms with Gasteiger partial charge in [-0.25, -0.2) is 4.39 Å². The van der Waals surface area contributed by atoms with Crippen LogP contribution in [-0.4, -0.2) is 19.7 Å². The maximum absolute atomic E-state index is 13.8. The second kappa shape index (κ2) is 6.48. The third-order valence-electron chi connectivity index (χ3n) is 2.53. The predicted octanol–water partition coefficient (Wildman–Crippen LogP) is 2.76. The molecule has 0 spiro atoms. The van der Waals surface area contributed by atoms with Crippen LogP contribution in [0.2, 0.25) is 0 Å². The molecule has 1 aromatic rings. The quantitative estimate of drug-likeness (QED) is 0.803. The van der Waals surface area contributed by atoms with Crippen LogP contribution in [0.1, 0.15) is 25.8 Å². The van der Waals surface area contributed by atoms with Gasteiger partial charge in [-0.3, -0.25) is 0 Å². The van der Waals surface area contributed by atoms with Crippen molar-refractivity contribution in [1.82, 2.24) is 5.32 Å². The van der Waals surface area contributed by atoms with Crippen LogP contribution in [0.15, 0.2) is 18.2 Å². The molecule has 0 fully saturated rings. The number of methoxy groups -OCH3 is 1. The van der Waals surface area contributed by atoms with E-state index in [1.807, 2.05) is 12.1 Å². The molecule has 0 saturated heterocycles. The predicted molar refractivity (Wildman–Crippen MR) is 64.4 cm³/mol. The Morgan fingerprint density at radius 1 is 1.44 bits per heavy atom. The molecular formula is C13H20FNO. The van der Waals surface area contributed by atoms with Crippen molar-refractivity contribution in [2.45, 2.75) is 32.7 Å². The molecule has 0 aromatic heterocycles.